The minimum atomic E-state index is 0.135. The van der Waals surface area contributed by atoms with Crippen LogP contribution < -0.4 is 5.32 Å². The first-order valence-electron chi connectivity index (χ1n) is 8.00. The predicted molar refractivity (Wildman–Crippen MR) is 77.7 cm³/mol. The van der Waals surface area contributed by atoms with E-state index in [1.807, 2.05) is 0 Å². The van der Waals surface area contributed by atoms with E-state index >= 15 is 0 Å². The highest BCUT2D eigenvalue weighted by Gasteiger charge is 2.34. The smallest absolute Gasteiger partial charge is 0.226 e. The van der Waals surface area contributed by atoms with Gasteiger partial charge in [-0.2, -0.15) is 4.98 Å². The lowest BCUT2D eigenvalue weighted by Gasteiger charge is -2.15. The normalized spacial score (nSPS) is 22.6. The average molecular weight is 292 g/mol. The molecule has 0 unspecified atom stereocenters. The zero-order valence-electron chi connectivity index (χ0n) is 12.7. The van der Waals surface area contributed by atoms with Gasteiger partial charge in [-0.1, -0.05) is 5.16 Å². The lowest BCUT2D eigenvalue weighted by Crippen LogP contribution is -2.31. The number of hydrogen-bond donors (Lipinski definition) is 1. The molecule has 1 atom stereocenters. The molecule has 1 aromatic heterocycles. The quantitative estimate of drug-likeness (QED) is 0.820. The van der Waals surface area contributed by atoms with E-state index in [0.717, 1.165) is 25.6 Å². The van der Waals surface area contributed by atoms with Gasteiger partial charge in [0.25, 0.3) is 0 Å². The van der Waals surface area contributed by atoms with E-state index in [1.165, 1.54) is 25.8 Å². The van der Waals surface area contributed by atoms with Gasteiger partial charge in [-0.3, -0.25) is 4.79 Å². The summed E-state index contributed by atoms with van der Waals surface area (Å²) in [6, 6.07) is 0.851. The Labute approximate surface area is 125 Å². The Morgan fingerprint density at radius 1 is 1.43 bits per heavy atom. The summed E-state index contributed by atoms with van der Waals surface area (Å²) in [5.41, 5.74) is 0. The second-order valence-electron chi connectivity index (χ2n) is 6.27. The predicted octanol–water partition coefficient (Wildman–Crippen LogP) is 1.30. The summed E-state index contributed by atoms with van der Waals surface area (Å²) in [6.07, 6.45) is 5.92. The first-order valence-corrected chi connectivity index (χ1v) is 8.00. The minimum absolute atomic E-state index is 0.135. The maximum absolute atomic E-state index is 11.8. The molecule has 0 bridgehead atoms. The van der Waals surface area contributed by atoms with E-state index < -0.39 is 0 Å². The molecule has 1 saturated heterocycles. The van der Waals surface area contributed by atoms with Crippen LogP contribution >= 0.6 is 0 Å². The van der Waals surface area contributed by atoms with Crippen LogP contribution in [0, 0.1) is 12.8 Å². The zero-order valence-corrected chi connectivity index (χ0v) is 12.7. The monoisotopic (exact) mass is 292 g/mol. The topological polar surface area (TPSA) is 71.3 Å². The molecule has 1 aliphatic carbocycles. The molecule has 2 aliphatic rings. The van der Waals surface area contributed by atoms with Gasteiger partial charge in [0.05, 0.1) is 0 Å². The molecular weight excluding hydrogens is 268 g/mol. The van der Waals surface area contributed by atoms with Gasteiger partial charge in [-0.05, 0) is 45.1 Å². The van der Waals surface area contributed by atoms with Crippen molar-refractivity contribution in [3.63, 3.8) is 0 Å². The summed E-state index contributed by atoms with van der Waals surface area (Å²) in [4.78, 5) is 18.5. The molecule has 21 heavy (non-hydrogen) atoms. The van der Waals surface area contributed by atoms with Crippen molar-refractivity contribution in [2.45, 2.75) is 51.5 Å². The number of nitrogens with zero attached hydrogens (tertiary/aromatic N) is 3. The molecule has 2 heterocycles. The van der Waals surface area contributed by atoms with Gasteiger partial charge in [0, 0.05) is 32.0 Å². The largest absolute Gasteiger partial charge is 0.356 e. The van der Waals surface area contributed by atoms with Crippen LogP contribution in [-0.2, 0) is 11.2 Å². The third-order valence-corrected chi connectivity index (χ3v) is 4.33. The number of carbonyl (C=O) groups excluding carboxylic acids is 1. The number of rotatable bonds is 7. The molecular formula is C15H24N4O2. The summed E-state index contributed by atoms with van der Waals surface area (Å²) in [6.45, 7) is 4.99. The van der Waals surface area contributed by atoms with Crippen LogP contribution in [0.3, 0.4) is 0 Å². The Morgan fingerprint density at radius 3 is 3.00 bits per heavy atom. The Bertz CT molecular complexity index is 484. The van der Waals surface area contributed by atoms with Crippen LogP contribution in [0.4, 0.5) is 0 Å². The van der Waals surface area contributed by atoms with E-state index in [4.69, 9.17) is 4.52 Å². The molecule has 0 spiro atoms. The van der Waals surface area contributed by atoms with E-state index in [9.17, 15) is 4.79 Å². The first kappa shape index (κ1) is 14.5. The van der Waals surface area contributed by atoms with Crippen molar-refractivity contribution in [3.05, 3.63) is 11.7 Å². The lowest BCUT2D eigenvalue weighted by atomic mass is 10.1. The van der Waals surface area contributed by atoms with E-state index in [0.29, 0.717) is 30.5 Å². The maximum Gasteiger partial charge on any atom is 0.226 e. The fourth-order valence-electron chi connectivity index (χ4n) is 2.99. The van der Waals surface area contributed by atoms with Crippen LogP contribution in [0.5, 0.6) is 0 Å². The molecule has 6 heteroatoms. The standard InChI is InChI=1S/C15H24N4O2/c1-11-17-15(21-18-11)4-2-3-14(20)16-9-12-7-8-19(10-12)13-5-6-13/h12-13H,2-10H2,1H3,(H,16,20)/t12-/m1/s1. The number of hydrogen-bond acceptors (Lipinski definition) is 5. The van der Waals surface area contributed by atoms with Crippen molar-refractivity contribution in [1.29, 1.82) is 0 Å². The fourth-order valence-corrected chi connectivity index (χ4v) is 2.99. The van der Waals surface area contributed by atoms with Crippen molar-refractivity contribution in [2.75, 3.05) is 19.6 Å². The van der Waals surface area contributed by atoms with Gasteiger partial charge in [0.15, 0.2) is 5.82 Å². The second kappa shape index (κ2) is 6.56. The number of aryl methyl sites for hydroxylation is 2. The molecule has 1 N–H and O–H groups in total. The number of aromatic nitrogens is 2. The summed E-state index contributed by atoms with van der Waals surface area (Å²) in [5, 5.41) is 6.80. The van der Waals surface area contributed by atoms with Crippen LogP contribution in [0.1, 0.15) is 43.8 Å². The highest BCUT2D eigenvalue weighted by molar-refractivity contribution is 5.75. The van der Waals surface area contributed by atoms with E-state index in [-0.39, 0.29) is 5.91 Å². The highest BCUT2D eigenvalue weighted by Crippen LogP contribution is 2.31. The molecule has 1 amide bonds. The van der Waals surface area contributed by atoms with Crippen LogP contribution in [0.25, 0.3) is 0 Å². The number of likely N-dealkylation sites (tertiary alicyclic amines) is 1. The Balaban J connectivity index is 1.28. The Hall–Kier alpha value is -1.43. The number of amides is 1. The molecule has 1 aromatic rings. The van der Waals surface area contributed by atoms with E-state index in [1.54, 1.807) is 6.92 Å². The average Bonchev–Trinajstić information content (AvgIpc) is 3.07. The molecule has 0 aromatic carbocycles. The van der Waals surface area contributed by atoms with Crippen LogP contribution in [0.2, 0.25) is 0 Å². The van der Waals surface area contributed by atoms with Crippen molar-refractivity contribution < 1.29 is 9.32 Å². The first-order chi connectivity index (χ1) is 10.2. The van der Waals surface area contributed by atoms with Gasteiger partial charge in [0.1, 0.15) is 0 Å². The molecule has 2 fully saturated rings. The lowest BCUT2D eigenvalue weighted by molar-refractivity contribution is -0.121. The highest BCUT2D eigenvalue weighted by atomic mass is 16.5. The summed E-state index contributed by atoms with van der Waals surface area (Å²) < 4.78 is 5.03. The Kier molecular flexibility index (Phi) is 4.53. The van der Waals surface area contributed by atoms with Crippen molar-refractivity contribution >= 4 is 5.91 Å². The van der Waals surface area contributed by atoms with Gasteiger partial charge >= 0.3 is 0 Å². The summed E-state index contributed by atoms with van der Waals surface area (Å²) >= 11 is 0. The molecule has 0 radical (unpaired) electrons. The van der Waals surface area contributed by atoms with Gasteiger partial charge in [-0.25, -0.2) is 0 Å². The third-order valence-electron chi connectivity index (χ3n) is 4.33. The molecule has 6 nitrogen and oxygen atoms in total. The zero-order chi connectivity index (χ0) is 14.7. The summed E-state index contributed by atoms with van der Waals surface area (Å²) in [5.74, 6) is 2.04. The van der Waals surface area contributed by atoms with Crippen LogP contribution in [0.15, 0.2) is 4.52 Å². The summed E-state index contributed by atoms with van der Waals surface area (Å²) in [7, 11) is 0. The number of nitrogens with one attached hydrogen (secondary N) is 1. The van der Waals surface area contributed by atoms with Crippen molar-refractivity contribution in [1.82, 2.24) is 20.4 Å². The number of carbonyl (C=O) groups is 1. The fraction of sp³-hybridized carbons (Fsp3) is 0.800. The Morgan fingerprint density at radius 2 is 2.29 bits per heavy atom. The minimum Gasteiger partial charge on any atom is -0.356 e. The third kappa shape index (κ3) is 4.27. The SMILES string of the molecule is Cc1noc(CCCC(=O)NC[C@H]2CCN(C3CC3)C2)n1. The van der Waals surface area contributed by atoms with Crippen LogP contribution in [-0.4, -0.2) is 46.6 Å². The van der Waals surface area contributed by atoms with Crippen molar-refractivity contribution in [2.24, 2.45) is 5.92 Å². The molecule has 116 valence electrons. The second-order valence-corrected chi connectivity index (χ2v) is 6.27. The van der Waals surface area contributed by atoms with Gasteiger partial charge in [0.2, 0.25) is 11.8 Å². The van der Waals surface area contributed by atoms with Crippen molar-refractivity contribution in [3.8, 4) is 0 Å². The maximum atomic E-state index is 11.8. The molecule has 1 saturated carbocycles. The molecule has 1 aliphatic heterocycles. The van der Waals surface area contributed by atoms with Gasteiger partial charge in [-0.15, -0.1) is 0 Å². The van der Waals surface area contributed by atoms with Gasteiger partial charge < -0.3 is 14.7 Å². The van der Waals surface area contributed by atoms with E-state index in [2.05, 4.69) is 20.4 Å². The molecule has 3 rings (SSSR count).